The Morgan fingerprint density at radius 3 is 2.44 bits per heavy atom. The molecular formula is C15H32N2O. The van der Waals surface area contributed by atoms with Crippen LogP contribution in [0.25, 0.3) is 0 Å². The molecule has 18 heavy (non-hydrogen) atoms. The van der Waals surface area contributed by atoms with Crippen LogP contribution in [0.1, 0.15) is 46.5 Å². The van der Waals surface area contributed by atoms with Gasteiger partial charge in [0.05, 0.1) is 0 Å². The Hall–Kier alpha value is -0.120. The molecule has 3 nitrogen and oxygen atoms in total. The summed E-state index contributed by atoms with van der Waals surface area (Å²) >= 11 is 0. The second-order valence-electron chi connectivity index (χ2n) is 6.03. The maximum absolute atomic E-state index is 5.25. The van der Waals surface area contributed by atoms with Crippen molar-refractivity contribution in [3.05, 3.63) is 0 Å². The van der Waals surface area contributed by atoms with E-state index in [0.717, 1.165) is 25.1 Å². The number of likely N-dealkylation sites (tertiary alicyclic amines) is 1. The third-order valence-electron chi connectivity index (χ3n) is 4.03. The van der Waals surface area contributed by atoms with Gasteiger partial charge in [-0.15, -0.1) is 0 Å². The molecule has 0 aromatic heterocycles. The molecule has 3 heteroatoms. The minimum atomic E-state index is 0.616. The van der Waals surface area contributed by atoms with Gasteiger partial charge in [-0.1, -0.05) is 13.8 Å². The Labute approximate surface area is 113 Å². The zero-order chi connectivity index (χ0) is 13.4. The van der Waals surface area contributed by atoms with Crippen LogP contribution in [0.3, 0.4) is 0 Å². The highest BCUT2D eigenvalue weighted by molar-refractivity contribution is 4.76. The van der Waals surface area contributed by atoms with Crippen LogP contribution in [0.4, 0.5) is 0 Å². The number of nitrogens with zero attached hydrogens (tertiary/aromatic N) is 1. The first-order valence-electron chi connectivity index (χ1n) is 7.59. The van der Waals surface area contributed by atoms with Gasteiger partial charge in [-0.05, 0) is 58.2 Å². The van der Waals surface area contributed by atoms with E-state index in [2.05, 4.69) is 31.0 Å². The Morgan fingerprint density at radius 2 is 1.89 bits per heavy atom. The zero-order valence-electron chi connectivity index (χ0n) is 12.7. The van der Waals surface area contributed by atoms with Crippen molar-refractivity contribution in [2.24, 2.45) is 5.92 Å². The third-order valence-corrected chi connectivity index (χ3v) is 4.03. The molecule has 108 valence electrons. The predicted molar refractivity (Wildman–Crippen MR) is 78.0 cm³/mol. The first kappa shape index (κ1) is 15.9. The van der Waals surface area contributed by atoms with E-state index in [1.165, 1.54) is 38.8 Å². The summed E-state index contributed by atoms with van der Waals surface area (Å²) in [4.78, 5) is 2.65. The Balaban J connectivity index is 2.10. The van der Waals surface area contributed by atoms with Crippen molar-refractivity contribution in [3.63, 3.8) is 0 Å². The zero-order valence-corrected chi connectivity index (χ0v) is 12.7. The van der Waals surface area contributed by atoms with E-state index in [-0.39, 0.29) is 0 Å². The topological polar surface area (TPSA) is 24.5 Å². The standard InChI is InChI=1S/C15H32N2O/c1-13(2)16-9-5-6-14(3)17-10-7-15(8-11-17)12-18-4/h13-16H,5-12H2,1-4H3. The number of hydrogen-bond acceptors (Lipinski definition) is 3. The molecule has 1 atom stereocenters. The molecule has 1 saturated heterocycles. The maximum Gasteiger partial charge on any atom is 0.0491 e. The van der Waals surface area contributed by atoms with Crippen LogP contribution in [0, 0.1) is 5.92 Å². The molecule has 1 aliphatic rings. The Morgan fingerprint density at radius 1 is 1.22 bits per heavy atom. The summed E-state index contributed by atoms with van der Waals surface area (Å²) in [5.74, 6) is 0.793. The van der Waals surface area contributed by atoms with Gasteiger partial charge in [0, 0.05) is 25.8 Å². The van der Waals surface area contributed by atoms with Crippen molar-refractivity contribution in [1.29, 1.82) is 0 Å². The SMILES string of the molecule is COCC1CCN(C(C)CCCNC(C)C)CC1. The molecule has 1 rings (SSSR count). The molecule has 0 aromatic carbocycles. The summed E-state index contributed by atoms with van der Waals surface area (Å²) in [5, 5.41) is 3.49. The number of ether oxygens (including phenoxy) is 1. The van der Waals surface area contributed by atoms with Crippen LogP contribution in [0.5, 0.6) is 0 Å². The van der Waals surface area contributed by atoms with Crippen LogP contribution in [-0.2, 0) is 4.74 Å². The number of piperidine rings is 1. The van der Waals surface area contributed by atoms with Gasteiger partial charge in [-0.3, -0.25) is 0 Å². The van der Waals surface area contributed by atoms with E-state index in [4.69, 9.17) is 4.74 Å². The van der Waals surface area contributed by atoms with Gasteiger partial charge in [0.1, 0.15) is 0 Å². The minimum Gasteiger partial charge on any atom is -0.384 e. The van der Waals surface area contributed by atoms with Crippen LogP contribution in [0.15, 0.2) is 0 Å². The lowest BCUT2D eigenvalue weighted by Gasteiger charge is -2.36. The molecule has 0 aliphatic carbocycles. The van der Waals surface area contributed by atoms with E-state index in [0.29, 0.717) is 6.04 Å². The maximum atomic E-state index is 5.25. The van der Waals surface area contributed by atoms with Gasteiger partial charge >= 0.3 is 0 Å². The van der Waals surface area contributed by atoms with Crippen LogP contribution >= 0.6 is 0 Å². The molecule has 0 saturated carbocycles. The molecule has 1 fully saturated rings. The fourth-order valence-electron chi connectivity index (χ4n) is 2.77. The lowest BCUT2D eigenvalue weighted by Crippen LogP contribution is -2.41. The van der Waals surface area contributed by atoms with E-state index < -0.39 is 0 Å². The van der Waals surface area contributed by atoms with Crippen LogP contribution in [0.2, 0.25) is 0 Å². The first-order chi connectivity index (χ1) is 8.63. The van der Waals surface area contributed by atoms with Gasteiger partial charge in [0.15, 0.2) is 0 Å². The molecule has 1 N–H and O–H groups in total. The van der Waals surface area contributed by atoms with Crippen molar-refractivity contribution in [2.45, 2.75) is 58.5 Å². The Bertz CT molecular complexity index is 201. The lowest BCUT2D eigenvalue weighted by atomic mass is 9.96. The first-order valence-corrected chi connectivity index (χ1v) is 7.59. The molecule has 0 spiro atoms. The average molecular weight is 256 g/mol. The van der Waals surface area contributed by atoms with Gasteiger partial charge in [0.25, 0.3) is 0 Å². The highest BCUT2D eigenvalue weighted by atomic mass is 16.5. The van der Waals surface area contributed by atoms with Crippen molar-refractivity contribution in [1.82, 2.24) is 10.2 Å². The molecule has 0 bridgehead atoms. The van der Waals surface area contributed by atoms with Gasteiger partial charge in [0.2, 0.25) is 0 Å². The quantitative estimate of drug-likeness (QED) is 0.675. The highest BCUT2D eigenvalue weighted by Crippen LogP contribution is 2.20. The van der Waals surface area contributed by atoms with E-state index >= 15 is 0 Å². The fraction of sp³-hybridized carbons (Fsp3) is 1.00. The molecule has 0 aromatic rings. The second-order valence-corrected chi connectivity index (χ2v) is 6.03. The van der Waals surface area contributed by atoms with E-state index in [1.807, 2.05) is 7.11 Å². The summed E-state index contributed by atoms with van der Waals surface area (Å²) < 4.78 is 5.25. The number of nitrogens with one attached hydrogen (secondary N) is 1. The molecule has 0 radical (unpaired) electrons. The largest absolute Gasteiger partial charge is 0.384 e. The van der Waals surface area contributed by atoms with Gasteiger partial charge in [-0.25, -0.2) is 0 Å². The second kappa shape index (κ2) is 8.89. The molecular weight excluding hydrogens is 224 g/mol. The smallest absolute Gasteiger partial charge is 0.0491 e. The highest BCUT2D eigenvalue weighted by Gasteiger charge is 2.22. The predicted octanol–water partition coefficient (Wildman–Crippen LogP) is 2.51. The number of rotatable bonds is 8. The normalized spacial score (nSPS) is 20.5. The molecule has 0 amide bonds. The fourth-order valence-corrected chi connectivity index (χ4v) is 2.77. The summed E-state index contributed by atoms with van der Waals surface area (Å²) in [5.41, 5.74) is 0. The van der Waals surface area contributed by atoms with E-state index in [1.54, 1.807) is 0 Å². The van der Waals surface area contributed by atoms with Gasteiger partial charge < -0.3 is 15.0 Å². The van der Waals surface area contributed by atoms with Crippen molar-refractivity contribution >= 4 is 0 Å². The minimum absolute atomic E-state index is 0.616. The van der Waals surface area contributed by atoms with Crippen LogP contribution in [-0.4, -0.2) is 50.3 Å². The summed E-state index contributed by atoms with van der Waals surface area (Å²) in [6.45, 7) is 11.4. The van der Waals surface area contributed by atoms with Crippen molar-refractivity contribution in [2.75, 3.05) is 33.4 Å². The van der Waals surface area contributed by atoms with Gasteiger partial charge in [-0.2, -0.15) is 0 Å². The molecule has 1 unspecified atom stereocenters. The van der Waals surface area contributed by atoms with E-state index in [9.17, 15) is 0 Å². The monoisotopic (exact) mass is 256 g/mol. The molecule has 1 aliphatic heterocycles. The lowest BCUT2D eigenvalue weighted by molar-refractivity contribution is 0.0809. The third kappa shape index (κ3) is 6.17. The van der Waals surface area contributed by atoms with Crippen molar-refractivity contribution in [3.8, 4) is 0 Å². The van der Waals surface area contributed by atoms with Crippen molar-refractivity contribution < 1.29 is 4.74 Å². The number of methoxy groups -OCH3 is 1. The number of hydrogen-bond donors (Lipinski definition) is 1. The van der Waals surface area contributed by atoms with Crippen LogP contribution < -0.4 is 5.32 Å². The summed E-state index contributed by atoms with van der Waals surface area (Å²) in [6, 6.07) is 1.35. The summed E-state index contributed by atoms with van der Waals surface area (Å²) in [6.07, 6.45) is 5.22. The summed E-state index contributed by atoms with van der Waals surface area (Å²) in [7, 11) is 1.82. The Kier molecular flexibility index (Phi) is 7.87. The molecule has 1 heterocycles. The average Bonchev–Trinajstić information content (AvgIpc) is 2.35.